The van der Waals surface area contributed by atoms with Crippen LogP contribution in [0.2, 0.25) is 0 Å². The van der Waals surface area contributed by atoms with Crippen molar-refractivity contribution in [1.82, 2.24) is 0 Å². The van der Waals surface area contributed by atoms with E-state index < -0.39 is 6.04 Å². The molecule has 0 spiro atoms. The molecule has 0 rings (SSSR count). The molecule has 0 bridgehead atoms. The Morgan fingerprint density at radius 1 is 1.70 bits per heavy atom. The minimum Gasteiger partial charge on any atom is -0.396 e. The fourth-order valence-electron chi connectivity index (χ4n) is 0.732. The monoisotopic (exact) mass is 145 g/mol. The molecule has 60 valence electrons. The van der Waals surface area contributed by atoms with Gasteiger partial charge in [0.15, 0.2) is 0 Å². The van der Waals surface area contributed by atoms with Crippen LogP contribution in [0.15, 0.2) is 0 Å². The third-order valence-corrected chi connectivity index (χ3v) is 1.35. The number of carbonyl (C=O) groups excluding carboxylic acids is 1. The lowest BCUT2D eigenvalue weighted by Gasteiger charge is -2.06. The molecule has 0 saturated carbocycles. The van der Waals surface area contributed by atoms with Crippen molar-refractivity contribution in [3.8, 4) is 0 Å². The highest BCUT2D eigenvalue weighted by Gasteiger charge is 2.10. The van der Waals surface area contributed by atoms with Gasteiger partial charge in [0.05, 0.1) is 6.04 Å². The molecule has 10 heavy (non-hydrogen) atoms. The number of hydrogen-bond acceptors (Lipinski definition) is 3. The number of nitrogens with two attached hydrogens (primary N) is 1. The van der Waals surface area contributed by atoms with Crippen molar-refractivity contribution in [3.05, 3.63) is 0 Å². The highest BCUT2D eigenvalue weighted by molar-refractivity contribution is 5.83. The van der Waals surface area contributed by atoms with Crippen LogP contribution < -0.4 is 5.73 Å². The van der Waals surface area contributed by atoms with Crippen LogP contribution in [-0.2, 0) is 4.79 Å². The maximum absolute atomic E-state index is 10.9. The first-order valence-corrected chi connectivity index (χ1v) is 3.61. The molecule has 0 aromatic rings. The minimum atomic E-state index is -0.454. The van der Waals surface area contributed by atoms with Gasteiger partial charge in [0.2, 0.25) is 0 Å². The highest BCUT2D eigenvalue weighted by atomic mass is 16.3. The summed E-state index contributed by atoms with van der Waals surface area (Å²) in [6, 6.07) is -0.454. The maximum Gasteiger partial charge on any atom is 0.149 e. The summed E-state index contributed by atoms with van der Waals surface area (Å²) in [5.41, 5.74) is 5.40. The third kappa shape index (κ3) is 3.58. The second-order valence-electron chi connectivity index (χ2n) is 2.34. The van der Waals surface area contributed by atoms with Gasteiger partial charge in [-0.3, -0.25) is 4.79 Å². The predicted molar refractivity (Wildman–Crippen MR) is 39.6 cm³/mol. The average Bonchev–Trinajstić information content (AvgIpc) is 1.89. The van der Waals surface area contributed by atoms with Crippen LogP contribution in [0.5, 0.6) is 0 Å². The van der Waals surface area contributed by atoms with Gasteiger partial charge >= 0.3 is 0 Å². The van der Waals surface area contributed by atoms with Gasteiger partial charge < -0.3 is 10.8 Å². The summed E-state index contributed by atoms with van der Waals surface area (Å²) in [6.45, 7) is 1.93. The molecule has 0 aliphatic heterocycles. The van der Waals surface area contributed by atoms with E-state index >= 15 is 0 Å². The summed E-state index contributed by atoms with van der Waals surface area (Å²) in [6.07, 6.45) is 1.75. The summed E-state index contributed by atoms with van der Waals surface area (Å²) in [4.78, 5) is 10.9. The molecule has 3 nitrogen and oxygen atoms in total. The van der Waals surface area contributed by atoms with E-state index in [0.717, 1.165) is 6.42 Å². The molecule has 3 heteroatoms. The molecule has 0 radical (unpaired) electrons. The van der Waals surface area contributed by atoms with Crippen molar-refractivity contribution in [2.75, 3.05) is 6.61 Å². The normalized spacial score (nSPS) is 13.1. The van der Waals surface area contributed by atoms with E-state index in [2.05, 4.69) is 0 Å². The minimum absolute atomic E-state index is 0.00335. The zero-order valence-corrected chi connectivity index (χ0v) is 6.34. The summed E-state index contributed by atoms with van der Waals surface area (Å²) in [5.74, 6) is 0.0524. The van der Waals surface area contributed by atoms with Gasteiger partial charge in [0.1, 0.15) is 5.78 Å². The van der Waals surface area contributed by atoms with Crippen molar-refractivity contribution in [3.63, 3.8) is 0 Å². The van der Waals surface area contributed by atoms with Gasteiger partial charge in [-0.25, -0.2) is 0 Å². The van der Waals surface area contributed by atoms with Crippen LogP contribution >= 0.6 is 0 Å². The summed E-state index contributed by atoms with van der Waals surface area (Å²) in [7, 11) is 0. The van der Waals surface area contributed by atoms with Gasteiger partial charge in [0.25, 0.3) is 0 Å². The highest BCUT2D eigenvalue weighted by Crippen LogP contribution is 1.96. The lowest BCUT2D eigenvalue weighted by molar-refractivity contribution is -0.120. The molecule has 3 N–H and O–H groups in total. The number of hydrogen-bond donors (Lipinski definition) is 2. The quantitative estimate of drug-likeness (QED) is 0.575. The van der Waals surface area contributed by atoms with Crippen LogP contribution in [0.25, 0.3) is 0 Å². The van der Waals surface area contributed by atoms with E-state index in [9.17, 15) is 4.79 Å². The number of rotatable bonds is 5. The molecule has 0 fully saturated rings. The first-order valence-electron chi connectivity index (χ1n) is 3.61. The fourth-order valence-corrected chi connectivity index (χ4v) is 0.732. The Labute approximate surface area is 61.2 Å². The van der Waals surface area contributed by atoms with Gasteiger partial charge in [-0.2, -0.15) is 0 Å². The van der Waals surface area contributed by atoms with E-state index in [0.29, 0.717) is 12.8 Å². The van der Waals surface area contributed by atoms with Gasteiger partial charge in [-0.15, -0.1) is 0 Å². The van der Waals surface area contributed by atoms with Crippen molar-refractivity contribution in [1.29, 1.82) is 0 Å². The topological polar surface area (TPSA) is 63.3 Å². The van der Waals surface area contributed by atoms with E-state index in [1.807, 2.05) is 6.92 Å². The Bertz CT molecular complexity index is 104. The van der Waals surface area contributed by atoms with Crippen LogP contribution in [0.1, 0.15) is 26.2 Å². The molecular weight excluding hydrogens is 130 g/mol. The lowest BCUT2D eigenvalue weighted by atomic mass is 10.1. The Morgan fingerprint density at radius 3 is 2.70 bits per heavy atom. The Kier molecular flexibility index (Phi) is 5.16. The standard InChI is InChI=1S/C7H15NO2/c1-2-3-7(10)6(8)4-5-9/h6,9H,2-5,8H2,1H3/t6-/m0/s1. The summed E-state index contributed by atoms with van der Waals surface area (Å²) in [5, 5.41) is 8.42. The molecule has 0 aromatic heterocycles. The van der Waals surface area contributed by atoms with Gasteiger partial charge in [0, 0.05) is 13.0 Å². The molecular formula is C7H15NO2. The molecule has 0 amide bonds. The lowest BCUT2D eigenvalue weighted by Crippen LogP contribution is -2.31. The maximum atomic E-state index is 10.9. The largest absolute Gasteiger partial charge is 0.396 e. The number of aliphatic hydroxyl groups is 1. The van der Waals surface area contributed by atoms with Crippen LogP contribution in [-0.4, -0.2) is 23.5 Å². The molecule has 0 aliphatic rings. The Balaban J connectivity index is 3.49. The first-order chi connectivity index (χ1) is 4.72. The number of ketones is 1. The number of carbonyl (C=O) groups is 1. The third-order valence-electron chi connectivity index (χ3n) is 1.35. The summed E-state index contributed by atoms with van der Waals surface area (Å²) < 4.78 is 0. The van der Waals surface area contributed by atoms with Crippen molar-refractivity contribution < 1.29 is 9.90 Å². The molecule has 0 aliphatic carbocycles. The van der Waals surface area contributed by atoms with Crippen LogP contribution in [0.4, 0.5) is 0 Å². The number of aliphatic hydroxyl groups excluding tert-OH is 1. The average molecular weight is 145 g/mol. The van der Waals surface area contributed by atoms with Crippen LogP contribution in [0, 0.1) is 0 Å². The predicted octanol–water partition coefficient (Wildman–Crippen LogP) is 0.0653. The second-order valence-corrected chi connectivity index (χ2v) is 2.34. The SMILES string of the molecule is CCCC(=O)[C@@H](N)CCO. The van der Waals surface area contributed by atoms with Crippen molar-refractivity contribution in [2.45, 2.75) is 32.2 Å². The zero-order valence-electron chi connectivity index (χ0n) is 6.34. The molecule has 0 aromatic carbocycles. The van der Waals surface area contributed by atoms with Crippen molar-refractivity contribution >= 4 is 5.78 Å². The van der Waals surface area contributed by atoms with E-state index in [4.69, 9.17) is 10.8 Å². The van der Waals surface area contributed by atoms with Gasteiger partial charge in [-0.1, -0.05) is 6.92 Å². The van der Waals surface area contributed by atoms with E-state index in [-0.39, 0.29) is 12.4 Å². The Morgan fingerprint density at radius 2 is 2.30 bits per heavy atom. The molecule has 0 saturated heterocycles. The van der Waals surface area contributed by atoms with Gasteiger partial charge in [-0.05, 0) is 12.8 Å². The van der Waals surface area contributed by atoms with E-state index in [1.54, 1.807) is 0 Å². The van der Waals surface area contributed by atoms with E-state index in [1.165, 1.54) is 0 Å². The zero-order chi connectivity index (χ0) is 7.98. The first kappa shape index (κ1) is 9.59. The Hall–Kier alpha value is -0.410. The fraction of sp³-hybridized carbons (Fsp3) is 0.857. The summed E-state index contributed by atoms with van der Waals surface area (Å²) >= 11 is 0. The van der Waals surface area contributed by atoms with Crippen LogP contribution in [0.3, 0.4) is 0 Å². The second kappa shape index (κ2) is 5.38. The molecule has 1 atom stereocenters. The molecule has 0 heterocycles. The smallest absolute Gasteiger partial charge is 0.149 e. The van der Waals surface area contributed by atoms with Crippen molar-refractivity contribution in [2.24, 2.45) is 5.73 Å². The molecule has 0 unspecified atom stereocenters. The number of Topliss-reactive ketones (excluding diaryl/α,β-unsaturated/α-hetero) is 1.